The molecule has 0 aliphatic carbocycles. The first-order valence-electron chi connectivity index (χ1n) is 7.69. The maximum Gasteiger partial charge on any atom is 0.205 e. The van der Waals surface area contributed by atoms with E-state index in [-0.39, 0.29) is 12.4 Å². The molecule has 0 saturated heterocycles. The van der Waals surface area contributed by atoms with E-state index in [9.17, 15) is 4.39 Å². The molecule has 0 saturated carbocycles. The molecule has 2 aromatic carbocycles. The number of ether oxygens (including phenoxy) is 2. The van der Waals surface area contributed by atoms with Crippen molar-refractivity contribution in [2.45, 2.75) is 6.61 Å². The van der Waals surface area contributed by atoms with Crippen molar-refractivity contribution in [3.8, 4) is 11.5 Å². The van der Waals surface area contributed by atoms with E-state index >= 15 is 0 Å². The van der Waals surface area contributed by atoms with Crippen molar-refractivity contribution < 1.29 is 13.9 Å². The SMILES string of the molecule is COc1ccc(C=NNc2nc(N)cs2)cc1COc1ccc(F)cc1. The first kappa shape index (κ1) is 17.7. The van der Waals surface area contributed by atoms with Crippen molar-refractivity contribution >= 4 is 28.5 Å². The minimum absolute atomic E-state index is 0.285. The summed E-state index contributed by atoms with van der Waals surface area (Å²) in [4.78, 5) is 4.06. The van der Waals surface area contributed by atoms with Gasteiger partial charge in [-0.3, -0.25) is 5.43 Å². The van der Waals surface area contributed by atoms with E-state index < -0.39 is 0 Å². The van der Waals surface area contributed by atoms with Crippen LogP contribution < -0.4 is 20.6 Å². The standard InChI is InChI=1S/C18H17FN4O2S/c1-24-16-7-2-12(9-21-23-18-22-17(20)11-26-18)8-13(16)10-25-15-5-3-14(19)4-6-15/h2-9,11H,10,20H2,1H3,(H,22,23). The zero-order valence-electron chi connectivity index (χ0n) is 14.0. The van der Waals surface area contributed by atoms with Crippen LogP contribution in [0.25, 0.3) is 0 Å². The van der Waals surface area contributed by atoms with Crippen LogP contribution in [0.5, 0.6) is 11.5 Å². The molecule has 1 aromatic heterocycles. The molecule has 3 aromatic rings. The maximum absolute atomic E-state index is 13.0. The number of thiazole rings is 1. The molecule has 0 fully saturated rings. The zero-order chi connectivity index (χ0) is 18.4. The average Bonchev–Trinajstić information content (AvgIpc) is 3.06. The lowest BCUT2D eigenvalue weighted by Gasteiger charge is -2.11. The Morgan fingerprint density at radius 2 is 2.08 bits per heavy atom. The van der Waals surface area contributed by atoms with Crippen LogP contribution in [0, 0.1) is 5.82 Å². The van der Waals surface area contributed by atoms with Crippen LogP contribution >= 0.6 is 11.3 Å². The number of nitrogens with zero attached hydrogens (tertiary/aromatic N) is 2. The fourth-order valence-electron chi connectivity index (χ4n) is 2.18. The Morgan fingerprint density at radius 3 is 2.77 bits per heavy atom. The van der Waals surface area contributed by atoms with Crippen LogP contribution in [-0.2, 0) is 6.61 Å². The van der Waals surface area contributed by atoms with E-state index in [0.29, 0.717) is 22.4 Å². The van der Waals surface area contributed by atoms with E-state index in [0.717, 1.165) is 11.1 Å². The molecule has 3 rings (SSSR count). The molecule has 3 N–H and O–H groups in total. The van der Waals surface area contributed by atoms with Crippen LogP contribution in [0.1, 0.15) is 11.1 Å². The lowest BCUT2D eigenvalue weighted by atomic mass is 10.1. The lowest BCUT2D eigenvalue weighted by molar-refractivity contribution is 0.296. The number of nitrogen functional groups attached to an aromatic ring is 1. The number of methoxy groups -OCH3 is 1. The van der Waals surface area contributed by atoms with Crippen LogP contribution in [0.3, 0.4) is 0 Å². The molecule has 134 valence electrons. The molecular weight excluding hydrogens is 355 g/mol. The molecule has 0 atom stereocenters. The molecule has 0 aliphatic rings. The van der Waals surface area contributed by atoms with E-state index in [4.69, 9.17) is 15.2 Å². The van der Waals surface area contributed by atoms with Crippen LogP contribution in [0.4, 0.5) is 15.3 Å². The number of halogens is 1. The normalized spacial score (nSPS) is 10.8. The molecule has 8 heteroatoms. The molecule has 0 aliphatic heterocycles. The van der Waals surface area contributed by atoms with Gasteiger partial charge in [-0.15, -0.1) is 11.3 Å². The van der Waals surface area contributed by atoms with Crippen molar-refractivity contribution in [3.05, 3.63) is 64.8 Å². The fourth-order valence-corrected chi connectivity index (χ4v) is 2.73. The molecule has 0 spiro atoms. The first-order chi connectivity index (χ1) is 12.6. The van der Waals surface area contributed by atoms with Gasteiger partial charge in [0, 0.05) is 10.9 Å². The summed E-state index contributed by atoms with van der Waals surface area (Å²) >= 11 is 1.37. The van der Waals surface area contributed by atoms with Gasteiger partial charge in [0.25, 0.3) is 0 Å². The summed E-state index contributed by atoms with van der Waals surface area (Å²) in [5.41, 5.74) is 10.1. The Bertz CT molecular complexity index is 896. The number of nitrogens with two attached hydrogens (primary N) is 1. The van der Waals surface area contributed by atoms with Crippen LogP contribution in [0.15, 0.2) is 52.9 Å². The largest absolute Gasteiger partial charge is 0.496 e. The third-order valence-corrected chi connectivity index (χ3v) is 4.17. The van der Waals surface area contributed by atoms with Gasteiger partial charge < -0.3 is 15.2 Å². The van der Waals surface area contributed by atoms with Crippen molar-refractivity contribution in [2.75, 3.05) is 18.3 Å². The molecular formula is C18H17FN4O2S. The van der Waals surface area contributed by atoms with E-state index in [2.05, 4.69) is 15.5 Å². The Labute approximate surface area is 154 Å². The minimum atomic E-state index is -0.303. The summed E-state index contributed by atoms with van der Waals surface area (Å²) in [6.07, 6.45) is 1.67. The highest BCUT2D eigenvalue weighted by molar-refractivity contribution is 7.14. The molecule has 0 amide bonds. The summed E-state index contributed by atoms with van der Waals surface area (Å²) in [6.45, 7) is 0.285. The second-order valence-corrected chi connectivity index (χ2v) is 6.12. The van der Waals surface area contributed by atoms with Gasteiger partial charge in [-0.05, 0) is 48.0 Å². The second kappa shape index (κ2) is 8.30. The topological polar surface area (TPSA) is 81.8 Å². The summed E-state index contributed by atoms with van der Waals surface area (Å²) < 4.78 is 24.0. The predicted molar refractivity (Wildman–Crippen MR) is 101 cm³/mol. The van der Waals surface area contributed by atoms with E-state index in [1.807, 2.05) is 18.2 Å². The van der Waals surface area contributed by atoms with Gasteiger partial charge >= 0.3 is 0 Å². The van der Waals surface area contributed by atoms with Gasteiger partial charge in [0.2, 0.25) is 5.13 Å². The summed E-state index contributed by atoms with van der Waals surface area (Å²) in [6, 6.07) is 11.5. The van der Waals surface area contributed by atoms with Gasteiger partial charge in [-0.25, -0.2) is 9.37 Å². The van der Waals surface area contributed by atoms with Gasteiger partial charge in [0.05, 0.1) is 13.3 Å². The average molecular weight is 372 g/mol. The van der Waals surface area contributed by atoms with E-state index in [1.54, 1.807) is 30.8 Å². The molecule has 0 bridgehead atoms. The number of hydrogen-bond acceptors (Lipinski definition) is 7. The van der Waals surface area contributed by atoms with Crippen molar-refractivity contribution in [3.63, 3.8) is 0 Å². The smallest absolute Gasteiger partial charge is 0.205 e. The van der Waals surface area contributed by atoms with Crippen molar-refractivity contribution in [1.82, 2.24) is 4.98 Å². The summed E-state index contributed by atoms with van der Waals surface area (Å²) in [5, 5.41) is 6.49. The second-order valence-electron chi connectivity index (χ2n) is 5.26. The highest BCUT2D eigenvalue weighted by Crippen LogP contribution is 2.22. The third kappa shape index (κ3) is 4.70. The third-order valence-electron chi connectivity index (χ3n) is 3.41. The van der Waals surface area contributed by atoms with Crippen LogP contribution in [0.2, 0.25) is 0 Å². The van der Waals surface area contributed by atoms with Crippen LogP contribution in [-0.4, -0.2) is 18.3 Å². The number of nitrogens with one attached hydrogen (secondary N) is 1. The zero-order valence-corrected chi connectivity index (χ0v) is 14.8. The number of hydrogen-bond donors (Lipinski definition) is 2. The van der Waals surface area contributed by atoms with Gasteiger partial charge in [0.15, 0.2) is 0 Å². The Balaban J connectivity index is 1.68. The summed E-state index contributed by atoms with van der Waals surface area (Å²) in [7, 11) is 1.60. The Kier molecular flexibility index (Phi) is 5.65. The Morgan fingerprint density at radius 1 is 1.27 bits per heavy atom. The summed E-state index contributed by atoms with van der Waals surface area (Å²) in [5.74, 6) is 1.43. The van der Waals surface area contributed by atoms with Crippen molar-refractivity contribution in [1.29, 1.82) is 0 Å². The highest BCUT2D eigenvalue weighted by atomic mass is 32.1. The Hall–Kier alpha value is -3.13. The lowest BCUT2D eigenvalue weighted by Crippen LogP contribution is -2.00. The number of hydrazone groups is 1. The van der Waals surface area contributed by atoms with Gasteiger partial charge in [-0.2, -0.15) is 5.10 Å². The molecule has 26 heavy (non-hydrogen) atoms. The van der Waals surface area contributed by atoms with E-state index in [1.165, 1.54) is 23.5 Å². The minimum Gasteiger partial charge on any atom is -0.496 e. The predicted octanol–water partition coefficient (Wildman–Crippen LogP) is 3.90. The highest BCUT2D eigenvalue weighted by Gasteiger charge is 2.06. The quantitative estimate of drug-likeness (QED) is 0.486. The molecule has 0 unspecified atom stereocenters. The number of anilines is 2. The number of rotatable bonds is 7. The first-order valence-corrected chi connectivity index (χ1v) is 8.57. The van der Waals surface area contributed by atoms with Gasteiger partial charge in [-0.1, -0.05) is 0 Å². The maximum atomic E-state index is 13.0. The fraction of sp³-hybridized carbons (Fsp3) is 0.111. The monoisotopic (exact) mass is 372 g/mol. The van der Waals surface area contributed by atoms with Crippen molar-refractivity contribution in [2.24, 2.45) is 5.10 Å². The number of benzene rings is 2. The molecule has 1 heterocycles. The molecule has 6 nitrogen and oxygen atoms in total. The number of aromatic nitrogens is 1. The molecule has 0 radical (unpaired) electrons. The van der Waals surface area contributed by atoms with Gasteiger partial charge in [0.1, 0.15) is 29.7 Å².